The molecule has 1 atom stereocenters. The van der Waals surface area contributed by atoms with Crippen LogP contribution in [-0.4, -0.2) is 31.0 Å². The van der Waals surface area contributed by atoms with Gasteiger partial charge in [-0.15, -0.1) is 0 Å². The Morgan fingerprint density at radius 1 is 1.53 bits per heavy atom. The van der Waals surface area contributed by atoms with Crippen LogP contribution in [0.3, 0.4) is 0 Å². The number of benzene rings is 1. The lowest BCUT2D eigenvalue weighted by atomic mass is 10.0. The first-order valence-electron chi connectivity index (χ1n) is 6.44. The van der Waals surface area contributed by atoms with E-state index in [2.05, 4.69) is 28.2 Å². The molecule has 106 valence electrons. The Kier molecular flexibility index (Phi) is 4.71. The van der Waals surface area contributed by atoms with Crippen molar-refractivity contribution in [2.24, 2.45) is 0 Å². The van der Waals surface area contributed by atoms with E-state index < -0.39 is 0 Å². The summed E-state index contributed by atoms with van der Waals surface area (Å²) < 4.78 is 11.5. The molecule has 5 heteroatoms. The first-order chi connectivity index (χ1) is 9.04. The van der Waals surface area contributed by atoms with Crippen LogP contribution < -0.4 is 10.1 Å². The SMILES string of the molecule is COc1cc(CNCC2(C)CCCO2)cc(Br)c1O. The second-order valence-electron chi connectivity index (χ2n) is 5.13. The summed E-state index contributed by atoms with van der Waals surface area (Å²) >= 11 is 3.32. The maximum absolute atomic E-state index is 9.75. The Balaban J connectivity index is 1.94. The molecule has 1 heterocycles. The zero-order valence-electron chi connectivity index (χ0n) is 11.3. The minimum Gasteiger partial charge on any atom is -0.503 e. The Labute approximate surface area is 122 Å². The van der Waals surface area contributed by atoms with E-state index in [-0.39, 0.29) is 11.4 Å². The lowest BCUT2D eigenvalue weighted by molar-refractivity contribution is 0.0207. The molecule has 19 heavy (non-hydrogen) atoms. The number of phenols is 1. The van der Waals surface area contributed by atoms with Crippen molar-refractivity contribution in [1.29, 1.82) is 0 Å². The molecule has 0 amide bonds. The van der Waals surface area contributed by atoms with Gasteiger partial charge in [0.25, 0.3) is 0 Å². The number of aromatic hydroxyl groups is 1. The van der Waals surface area contributed by atoms with Crippen LogP contribution in [0.25, 0.3) is 0 Å². The van der Waals surface area contributed by atoms with Gasteiger partial charge in [0.15, 0.2) is 11.5 Å². The monoisotopic (exact) mass is 329 g/mol. The predicted octanol–water partition coefficient (Wildman–Crippen LogP) is 2.82. The summed E-state index contributed by atoms with van der Waals surface area (Å²) in [6.07, 6.45) is 2.24. The molecular weight excluding hydrogens is 310 g/mol. The minimum absolute atomic E-state index is 0.0434. The third-order valence-electron chi connectivity index (χ3n) is 3.44. The Bertz CT molecular complexity index is 445. The van der Waals surface area contributed by atoms with Gasteiger partial charge < -0.3 is 19.9 Å². The van der Waals surface area contributed by atoms with Crippen molar-refractivity contribution < 1.29 is 14.6 Å². The van der Waals surface area contributed by atoms with Crippen molar-refractivity contribution in [3.8, 4) is 11.5 Å². The van der Waals surface area contributed by atoms with E-state index >= 15 is 0 Å². The molecule has 1 aromatic carbocycles. The fourth-order valence-electron chi connectivity index (χ4n) is 2.33. The number of halogens is 1. The summed E-state index contributed by atoms with van der Waals surface area (Å²) in [5, 5.41) is 13.1. The van der Waals surface area contributed by atoms with Gasteiger partial charge in [-0.2, -0.15) is 0 Å². The molecular formula is C14H20BrNO3. The van der Waals surface area contributed by atoms with Crippen LogP contribution in [0.1, 0.15) is 25.3 Å². The van der Waals surface area contributed by atoms with Gasteiger partial charge in [0, 0.05) is 19.7 Å². The largest absolute Gasteiger partial charge is 0.503 e. The van der Waals surface area contributed by atoms with Crippen LogP contribution in [0.4, 0.5) is 0 Å². The van der Waals surface area contributed by atoms with Gasteiger partial charge >= 0.3 is 0 Å². The van der Waals surface area contributed by atoms with Gasteiger partial charge in [-0.05, 0) is 53.4 Å². The number of phenolic OH excluding ortho intramolecular Hbond substituents is 1. The molecule has 1 aliphatic rings. The summed E-state index contributed by atoms with van der Waals surface area (Å²) in [6, 6.07) is 3.73. The van der Waals surface area contributed by atoms with Crippen molar-refractivity contribution in [3.05, 3.63) is 22.2 Å². The lowest BCUT2D eigenvalue weighted by Gasteiger charge is -2.23. The van der Waals surface area contributed by atoms with Gasteiger partial charge in [0.1, 0.15) is 0 Å². The molecule has 2 N–H and O–H groups in total. The highest BCUT2D eigenvalue weighted by molar-refractivity contribution is 9.10. The first kappa shape index (κ1) is 14.6. The van der Waals surface area contributed by atoms with Crippen molar-refractivity contribution >= 4 is 15.9 Å². The molecule has 4 nitrogen and oxygen atoms in total. The van der Waals surface area contributed by atoms with E-state index in [9.17, 15) is 5.11 Å². The summed E-state index contributed by atoms with van der Waals surface area (Å²) in [4.78, 5) is 0. The molecule has 0 spiro atoms. The second kappa shape index (κ2) is 6.11. The molecule has 1 saturated heterocycles. The highest BCUT2D eigenvalue weighted by Gasteiger charge is 2.28. The number of hydrogen-bond acceptors (Lipinski definition) is 4. The molecule has 1 aromatic rings. The molecule has 0 bridgehead atoms. The lowest BCUT2D eigenvalue weighted by Crippen LogP contribution is -2.36. The van der Waals surface area contributed by atoms with Gasteiger partial charge in [0.2, 0.25) is 0 Å². The summed E-state index contributed by atoms with van der Waals surface area (Å²) in [5.74, 6) is 0.617. The van der Waals surface area contributed by atoms with Crippen LogP contribution in [0.2, 0.25) is 0 Å². The highest BCUT2D eigenvalue weighted by Crippen LogP contribution is 2.35. The number of hydrogen-bond donors (Lipinski definition) is 2. The van der Waals surface area contributed by atoms with Crippen molar-refractivity contribution in [3.63, 3.8) is 0 Å². The standard InChI is InChI=1S/C14H20BrNO3/c1-14(4-3-5-19-14)9-16-8-10-6-11(15)13(17)12(7-10)18-2/h6-7,16-17H,3-5,8-9H2,1-2H3. The van der Waals surface area contributed by atoms with Crippen LogP contribution >= 0.6 is 15.9 Å². The van der Waals surface area contributed by atoms with E-state index in [1.807, 2.05) is 12.1 Å². The van der Waals surface area contributed by atoms with E-state index in [0.29, 0.717) is 16.8 Å². The van der Waals surface area contributed by atoms with Crippen LogP contribution in [0.5, 0.6) is 11.5 Å². The third kappa shape index (κ3) is 3.61. The van der Waals surface area contributed by atoms with E-state index in [0.717, 1.165) is 31.6 Å². The van der Waals surface area contributed by atoms with Crippen LogP contribution in [0, 0.1) is 0 Å². The van der Waals surface area contributed by atoms with Gasteiger partial charge in [-0.3, -0.25) is 0 Å². The zero-order valence-corrected chi connectivity index (χ0v) is 12.9. The number of rotatable bonds is 5. The van der Waals surface area contributed by atoms with Crippen molar-refractivity contribution in [1.82, 2.24) is 5.32 Å². The predicted molar refractivity (Wildman–Crippen MR) is 77.7 cm³/mol. The topological polar surface area (TPSA) is 50.7 Å². The average Bonchev–Trinajstić information content (AvgIpc) is 2.80. The smallest absolute Gasteiger partial charge is 0.172 e. The molecule has 1 unspecified atom stereocenters. The second-order valence-corrected chi connectivity index (χ2v) is 5.99. The van der Waals surface area contributed by atoms with E-state index in [4.69, 9.17) is 9.47 Å². The fraction of sp³-hybridized carbons (Fsp3) is 0.571. The van der Waals surface area contributed by atoms with Crippen molar-refractivity contribution in [2.45, 2.75) is 31.9 Å². The van der Waals surface area contributed by atoms with Crippen LogP contribution in [0.15, 0.2) is 16.6 Å². The molecule has 1 fully saturated rings. The third-order valence-corrected chi connectivity index (χ3v) is 4.04. The maximum Gasteiger partial charge on any atom is 0.172 e. The average molecular weight is 330 g/mol. The maximum atomic E-state index is 9.75. The Morgan fingerprint density at radius 3 is 2.95 bits per heavy atom. The quantitative estimate of drug-likeness (QED) is 0.872. The molecule has 2 rings (SSSR count). The van der Waals surface area contributed by atoms with Gasteiger partial charge in [-0.25, -0.2) is 0 Å². The Hall–Kier alpha value is -0.780. The number of methoxy groups -OCH3 is 1. The first-order valence-corrected chi connectivity index (χ1v) is 7.23. The van der Waals surface area contributed by atoms with Crippen molar-refractivity contribution in [2.75, 3.05) is 20.3 Å². The molecule has 1 aliphatic heterocycles. The minimum atomic E-state index is -0.0434. The van der Waals surface area contributed by atoms with Gasteiger partial charge in [-0.1, -0.05) is 0 Å². The summed E-state index contributed by atoms with van der Waals surface area (Å²) in [7, 11) is 1.55. The molecule has 0 aromatic heterocycles. The number of ether oxygens (including phenoxy) is 2. The fourth-order valence-corrected chi connectivity index (χ4v) is 2.82. The molecule has 0 radical (unpaired) electrons. The van der Waals surface area contributed by atoms with E-state index in [1.165, 1.54) is 0 Å². The van der Waals surface area contributed by atoms with Crippen LogP contribution in [-0.2, 0) is 11.3 Å². The number of nitrogens with one attached hydrogen (secondary N) is 1. The summed E-state index contributed by atoms with van der Waals surface area (Å²) in [6.45, 7) is 4.54. The normalized spacial score (nSPS) is 22.7. The molecule has 0 saturated carbocycles. The van der Waals surface area contributed by atoms with Gasteiger partial charge in [0.05, 0.1) is 17.2 Å². The summed E-state index contributed by atoms with van der Waals surface area (Å²) in [5.41, 5.74) is 1.02. The molecule has 0 aliphatic carbocycles. The highest BCUT2D eigenvalue weighted by atomic mass is 79.9. The Morgan fingerprint density at radius 2 is 2.32 bits per heavy atom. The van der Waals surface area contributed by atoms with E-state index in [1.54, 1.807) is 7.11 Å². The zero-order chi connectivity index (χ0) is 13.9.